The molecule has 0 radical (unpaired) electrons. The van der Waals surface area contributed by atoms with E-state index in [9.17, 15) is 4.79 Å². The summed E-state index contributed by atoms with van der Waals surface area (Å²) in [5, 5.41) is 3.07. The van der Waals surface area contributed by atoms with Crippen molar-refractivity contribution in [2.24, 2.45) is 0 Å². The van der Waals surface area contributed by atoms with E-state index in [2.05, 4.69) is 26.1 Å². The molecule has 0 spiro atoms. The van der Waals surface area contributed by atoms with Crippen molar-refractivity contribution in [3.8, 4) is 0 Å². The minimum atomic E-state index is 0.139. The predicted molar refractivity (Wildman–Crippen MR) is 62.9 cm³/mol. The van der Waals surface area contributed by atoms with E-state index in [0.717, 1.165) is 38.6 Å². The highest BCUT2D eigenvalue weighted by Crippen LogP contribution is 2.19. The van der Waals surface area contributed by atoms with Gasteiger partial charge in [-0.15, -0.1) is 0 Å². The zero-order valence-corrected chi connectivity index (χ0v) is 10.3. The van der Waals surface area contributed by atoms with Gasteiger partial charge in [0, 0.05) is 18.6 Å². The Morgan fingerprint density at radius 3 is 2.60 bits per heavy atom. The van der Waals surface area contributed by atoms with E-state index in [1.54, 1.807) is 0 Å². The number of urea groups is 1. The van der Waals surface area contributed by atoms with Gasteiger partial charge in [-0.05, 0) is 32.6 Å². The molecule has 1 atom stereocenters. The maximum Gasteiger partial charge on any atom is 0.317 e. The van der Waals surface area contributed by atoms with Crippen molar-refractivity contribution >= 4 is 6.03 Å². The van der Waals surface area contributed by atoms with E-state index >= 15 is 0 Å². The van der Waals surface area contributed by atoms with Crippen molar-refractivity contribution < 1.29 is 4.79 Å². The van der Waals surface area contributed by atoms with Crippen LogP contribution < -0.4 is 5.32 Å². The van der Waals surface area contributed by atoms with E-state index < -0.39 is 0 Å². The SMILES string of the molecule is CCCCN(C(=O)NC1CC1)C(C)CC. The summed E-state index contributed by atoms with van der Waals surface area (Å²) in [4.78, 5) is 13.9. The van der Waals surface area contributed by atoms with Crippen LogP contribution in [-0.4, -0.2) is 29.6 Å². The molecule has 88 valence electrons. The normalized spacial score (nSPS) is 17.3. The summed E-state index contributed by atoms with van der Waals surface area (Å²) >= 11 is 0. The largest absolute Gasteiger partial charge is 0.335 e. The molecule has 3 nitrogen and oxygen atoms in total. The van der Waals surface area contributed by atoms with Crippen molar-refractivity contribution in [1.29, 1.82) is 0 Å². The Morgan fingerprint density at radius 2 is 2.13 bits per heavy atom. The highest BCUT2D eigenvalue weighted by molar-refractivity contribution is 5.75. The van der Waals surface area contributed by atoms with Crippen LogP contribution in [0.4, 0.5) is 4.79 Å². The highest BCUT2D eigenvalue weighted by Gasteiger charge is 2.27. The Bertz CT molecular complexity index is 202. The van der Waals surface area contributed by atoms with E-state index in [4.69, 9.17) is 0 Å². The van der Waals surface area contributed by atoms with Gasteiger partial charge in [0.25, 0.3) is 0 Å². The highest BCUT2D eigenvalue weighted by atomic mass is 16.2. The van der Waals surface area contributed by atoms with Crippen molar-refractivity contribution in [2.45, 2.75) is 65.0 Å². The first-order valence-corrected chi connectivity index (χ1v) is 6.26. The zero-order valence-electron chi connectivity index (χ0n) is 10.3. The van der Waals surface area contributed by atoms with Gasteiger partial charge in [0.05, 0.1) is 0 Å². The molecule has 1 saturated carbocycles. The van der Waals surface area contributed by atoms with Crippen LogP contribution in [0.3, 0.4) is 0 Å². The summed E-state index contributed by atoms with van der Waals surface area (Å²) in [5.74, 6) is 0. The number of unbranched alkanes of at least 4 members (excludes halogenated alkanes) is 1. The molecule has 1 aliphatic carbocycles. The first kappa shape index (κ1) is 12.3. The molecule has 1 unspecified atom stereocenters. The van der Waals surface area contributed by atoms with Gasteiger partial charge in [-0.2, -0.15) is 0 Å². The molecule has 1 N–H and O–H groups in total. The third-order valence-corrected chi connectivity index (χ3v) is 3.04. The Hall–Kier alpha value is -0.730. The lowest BCUT2D eigenvalue weighted by atomic mass is 10.2. The van der Waals surface area contributed by atoms with Crippen LogP contribution in [0.2, 0.25) is 0 Å². The molecule has 3 heteroatoms. The number of carbonyl (C=O) groups is 1. The fourth-order valence-corrected chi connectivity index (χ4v) is 1.56. The monoisotopic (exact) mass is 212 g/mol. The molecular weight excluding hydrogens is 188 g/mol. The first-order chi connectivity index (χ1) is 7.19. The smallest absolute Gasteiger partial charge is 0.317 e. The maximum absolute atomic E-state index is 11.9. The van der Waals surface area contributed by atoms with Gasteiger partial charge in [-0.3, -0.25) is 0 Å². The number of nitrogens with one attached hydrogen (secondary N) is 1. The fourth-order valence-electron chi connectivity index (χ4n) is 1.56. The molecule has 0 aromatic carbocycles. The van der Waals surface area contributed by atoms with Gasteiger partial charge in [-0.1, -0.05) is 20.3 Å². The van der Waals surface area contributed by atoms with Crippen LogP contribution >= 0.6 is 0 Å². The van der Waals surface area contributed by atoms with E-state index in [1.165, 1.54) is 0 Å². The number of nitrogens with zero attached hydrogens (tertiary/aromatic N) is 1. The quantitative estimate of drug-likeness (QED) is 0.721. The summed E-state index contributed by atoms with van der Waals surface area (Å²) in [6.07, 6.45) is 5.59. The van der Waals surface area contributed by atoms with Crippen LogP contribution in [0.25, 0.3) is 0 Å². The van der Waals surface area contributed by atoms with Crippen LogP contribution in [-0.2, 0) is 0 Å². The Labute approximate surface area is 93.2 Å². The standard InChI is InChI=1S/C12H24N2O/c1-4-6-9-14(10(3)5-2)12(15)13-11-7-8-11/h10-11H,4-9H2,1-3H3,(H,13,15). The Balaban J connectivity index is 2.40. The van der Waals surface area contributed by atoms with E-state index in [0.29, 0.717) is 12.1 Å². The summed E-state index contributed by atoms with van der Waals surface area (Å²) in [6, 6.07) is 0.960. The third-order valence-electron chi connectivity index (χ3n) is 3.04. The molecule has 15 heavy (non-hydrogen) atoms. The molecule has 1 rings (SSSR count). The molecule has 2 amide bonds. The molecule has 1 aliphatic rings. The number of rotatable bonds is 6. The van der Waals surface area contributed by atoms with Crippen LogP contribution in [0.15, 0.2) is 0 Å². The van der Waals surface area contributed by atoms with Gasteiger partial charge in [-0.25, -0.2) is 4.79 Å². The molecular formula is C12H24N2O. The zero-order chi connectivity index (χ0) is 11.3. The number of carbonyl (C=O) groups excluding carboxylic acids is 1. The average molecular weight is 212 g/mol. The second-order valence-corrected chi connectivity index (χ2v) is 4.53. The topological polar surface area (TPSA) is 32.3 Å². The number of hydrogen-bond acceptors (Lipinski definition) is 1. The lowest BCUT2D eigenvalue weighted by Gasteiger charge is -2.28. The molecule has 0 aliphatic heterocycles. The van der Waals surface area contributed by atoms with Gasteiger partial charge < -0.3 is 10.2 Å². The maximum atomic E-state index is 11.9. The van der Waals surface area contributed by atoms with Crippen molar-refractivity contribution in [3.63, 3.8) is 0 Å². The van der Waals surface area contributed by atoms with Crippen molar-refractivity contribution in [2.75, 3.05) is 6.54 Å². The molecule has 0 saturated heterocycles. The van der Waals surface area contributed by atoms with E-state index in [1.807, 2.05) is 4.90 Å². The van der Waals surface area contributed by atoms with Crippen molar-refractivity contribution in [1.82, 2.24) is 10.2 Å². The lowest BCUT2D eigenvalue weighted by Crippen LogP contribution is -2.46. The minimum Gasteiger partial charge on any atom is -0.335 e. The summed E-state index contributed by atoms with van der Waals surface area (Å²) in [6.45, 7) is 7.31. The molecule has 0 aromatic rings. The summed E-state index contributed by atoms with van der Waals surface area (Å²) in [7, 11) is 0. The second-order valence-electron chi connectivity index (χ2n) is 4.53. The van der Waals surface area contributed by atoms with Gasteiger partial charge in [0.15, 0.2) is 0 Å². The number of hydrogen-bond donors (Lipinski definition) is 1. The van der Waals surface area contributed by atoms with Gasteiger partial charge >= 0.3 is 6.03 Å². The van der Waals surface area contributed by atoms with Crippen LogP contribution in [0, 0.1) is 0 Å². The fraction of sp³-hybridized carbons (Fsp3) is 0.917. The van der Waals surface area contributed by atoms with Gasteiger partial charge in [0.1, 0.15) is 0 Å². The molecule has 1 fully saturated rings. The van der Waals surface area contributed by atoms with Gasteiger partial charge in [0.2, 0.25) is 0 Å². The average Bonchev–Trinajstić information content (AvgIpc) is 3.01. The molecule has 0 bridgehead atoms. The second kappa shape index (κ2) is 5.99. The Morgan fingerprint density at radius 1 is 1.47 bits per heavy atom. The summed E-state index contributed by atoms with van der Waals surface area (Å²) in [5.41, 5.74) is 0. The van der Waals surface area contributed by atoms with Crippen LogP contribution in [0.5, 0.6) is 0 Å². The Kier molecular flexibility index (Phi) is 4.92. The molecule has 0 aromatic heterocycles. The first-order valence-electron chi connectivity index (χ1n) is 6.26. The number of amides is 2. The molecule has 0 heterocycles. The van der Waals surface area contributed by atoms with Crippen LogP contribution in [0.1, 0.15) is 52.9 Å². The summed E-state index contributed by atoms with van der Waals surface area (Å²) < 4.78 is 0. The lowest BCUT2D eigenvalue weighted by molar-refractivity contribution is 0.175. The van der Waals surface area contributed by atoms with Crippen molar-refractivity contribution in [3.05, 3.63) is 0 Å². The minimum absolute atomic E-state index is 0.139. The van der Waals surface area contributed by atoms with E-state index in [-0.39, 0.29) is 6.03 Å². The third kappa shape index (κ3) is 4.10. The predicted octanol–water partition coefficient (Wildman–Crippen LogP) is 2.76.